The predicted molar refractivity (Wildman–Crippen MR) is 72.4 cm³/mol. The Balaban J connectivity index is 3.08. The second-order valence-electron chi connectivity index (χ2n) is 5.89. The molecular weight excluding hydrogens is 212 g/mol. The maximum absolute atomic E-state index is 12.2. The smallest absolute Gasteiger partial charge is 0.255 e. The molecule has 1 aromatic rings. The first kappa shape index (κ1) is 14.0. The van der Waals surface area contributed by atoms with Gasteiger partial charge >= 0.3 is 0 Å². The van der Waals surface area contributed by atoms with Crippen molar-refractivity contribution in [3.63, 3.8) is 0 Å². The molecule has 0 fully saturated rings. The summed E-state index contributed by atoms with van der Waals surface area (Å²) in [5.74, 6) is 0. The van der Waals surface area contributed by atoms with E-state index in [0.29, 0.717) is 12.6 Å². The summed E-state index contributed by atoms with van der Waals surface area (Å²) in [7, 11) is 1.85. The molecule has 0 unspecified atom stereocenters. The Bertz CT molecular complexity index is 439. The van der Waals surface area contributed by atoms with Crippen LogP contribution in [-0.4, -0.2) is 10.6 Å². The van der Waals surface area contributed by atoms with Crippen LogP contribution < -0.4 is 10.9 Å². The lowest BCUT2D eigenvalue weighted by Crippen LogP contribution is -2.32. The fourth-order valence-electron chi connectivity index (χ4n) is 1.89. The van der Waals surface area contributed by atoms with Gasteiger partial charge < -0.3 is 9.88 Å². The Morgan fingerprint density at radius 2 is 1.88 bits per heavy atom. The first-order chi connectivity index (χ1) is 7.73. The van der Waals surface area contributed by atoms with Crippen LogP contribution in [0.3, 0.4) is 0 Å². The minimum Gasteiger partial charge on any atom is -0.315 e. The van der Waals surface area contributed by atoms with Gasteiger partial charge in [0.15, 0.2) is 0 Å². The molecule has 1 rings (SSSR count). The zero-order valence-corrected chi connectivity index (χ0v) is 11.8. The molecular formula is C14H24N2O. The third-order valence-corrected chi connectivity index (χ3v) is 2.85. The normalized spacial score (nSPS) is 12.2. The third kappa shape index (κ3) is 3.43. The van der Waals surface area contributed by atoms with Gasteiger partial charge in [0.25, 0.3) is 5.56 Å². The molecule has 0 aliphatic carbocycles. The fraction of sp³-hybridized carbons (Fsp3) is 0.643. The molecule has 17 heavy (non-hydrogen) atoms. The molecule has 0 saturated heterocycles. The Morgan fingerprint density at radius 1 is 1.29 bits per heavy atom. The van der Waals surface area contributed by atoms with Crippen molar-refractivity contribution >= 4 is 0 Å². The summed E-state index contributed by atoms with van der Waals surface area (Å²) in [4.78, 5) is 12.2. The van der Waals surface area contributed by atoms with Gasteiger partial charge in [0, 0.05) is 36.3 Å². The van der Waals surface area contributed by atoms with Crippen LogP contribution in [0.15, 0.2) is 16.9 Å². The number of hydrogen-bond donors (Lipinski definition) is 1. The number of rotatable bonds is 3. The van der Waals surface area contributed by atoms with Crippen molar-refractivity contribution < 1.29 is 0 Å². The van der Waals surface area contributed by atoms with Crippen LogP contribution in [0.1, 0.15) is 45.9 Å². The van der Waals surface area contributed by atoms with Gasteiger partial charge in [-0.15, -0.1) is 0 Å². The monoisotopic (exact) mass is 236 g/mol. The predicted octanol–water partition coefficient (Wildman–Crippen LogP) is 2.18. The topological polar surface area (TPSA) is 34.0 Å². The summed E-state index contributed by atoms with van der Waals surface area (Å²) >= 11 is 0. The molecule has 0 amide bonds. The van der Waals surface area contributed by atoms with Gasteiger partial charge in [-0.05, 0) is 6.07 Å². The highest BCUT2D eigenvalue weighted by molar-refractivity contribution is 5.21. The summed E-state index contributed by atoms with van der Waals surface area (Å²) in [6.07, 6.45) is 0. The van der Waals surface area contributed by atoms with Gasteiger partial charge in [0.1, 0.15) is 0 Å². The zero-order chi connectivity index (χ0) is 13.2. The minimum atomic E-state index is -0.00207. The molecule has 0 bridgehead atoms. The van der Waals surface area contributed by atoms with Crippen molar-refractivity contribution in [3.05, 3.63) is 33.7 Å². The van der Waals surface area contributed by atoms with Crippen LogP contribution in [0, 0.1) is 0 Å². The zero-order valence-electron chi connectivity index (χ0n) is 11.8. The summed E-state index contributed by atoms with van der Waals surface area (Å²) < 4.78 is 1.76. The van der Waals surface area contributed by atoms with E-state index >= 15 is 0 Å². The van der Waals surface area contributed by atoms with E-state index in [1.165, 1.54) is 0 Å². The van der Waals surface area contributed by atoms with Gasteiger partial charge in [-0.25, -0.2) is 0 Å². The molecule has 1 heterocycles. The number of nitrogens with one attached hydrogen (secondary N) is 1. The Morgan fingerprint density at radius 3 is 2.35 bits per heavy atom. The molecule has 0 spiro atoms. The second kappa shape index (κ2) is 5.05. The number of aromatic nitrogens is 1. The van der Waals surface area contributed by atoms with Crippen molar-refractivity contribution in [2.45, 2.75) is 52.6 Å². The number of nitrogens with zero attached hydrogens (tertiary/aromatic N) is 1. The average molecular weight is 236 g/mol. The van der Waals surface area contributed by atoms with Gasteiger partial charge in [-0.2, -0.15) is 0 Å². The summed E-state index contributed by atoms with van der Waals surface area (Å²) in [5.41, 5.74) is 1.99. The SMILES string of the molecule is CC(C)NCc1ccc(C(C)(C)C)n(C)c1=O. The average Bonchev–Trinajstić information content (AvgIpc) is 2.18. The molecule has 0 radical (unpaired) electrons. The second-order valence-corrected chi connectivity index (χ2v) is 5.89. The highest BCUT2D eigenvalue weighted by atomic mass is 16.1. The maximum atomic E-state index is 12.2. The fourth-order valence-corrected chi connectivity index (χ4v) is 1.89. The van der Waals surface area contributed by atoms with Crippen LogP contribution >= 0.6 is 0 Å². The van der Waals surface area contributed by atoms with Gasteiger partial charge in [0.05, 0.1) is 0 Å². The molecule has 3 heteroatoms. The van der Waals surface area contributed by atoms with E-state index in [-0.39, 0.29) is 11.0 Å². The summed E-state index contributed by atoms with van der Waals surface area (Å²) in [5, 5.41) is 3.27. The minimum absolute atomic E-state index is 0.00207. The third-order valence-electron chi connectivity index (χ3n) is 2.85. The van der Waals surface area contributed by atoms with Crippen LogP contribution in [-0.2, 0) is 19.0 Å². The summed E-state index contributed by atoms with van der Waals surface area (Å²) in [6, 6.07) is 4.39. The van der Waals surface area contributed by atoms with E-state index in [2.05, 4.69) is 46.0 Å². The van der Waals surface area contributed by atoms with E-state index in [1.807, 2.05) is 13.1 Å². The van der Waals surface area contributed by atoms with E-state index in [0.717, 1.165) is 11.3 Å². The van der Waals surface area contributed by atoms with Crippen LogP contribution in [0.4, 0.5) is 0 Å². The molecule has 1 N–H and O–H groups in total. The highest BCUT2D eigenvalue weighted by Crippen LogP contribution is 2.20. The van der Waals surface area contributed by atoms with Crippen molar-refractivity contribution in [1.82, 2.24) is 9.88 Å². The maximum Gasteiger partial charge on any atom is 0.255 e. The number of hydrogen-bond acceptors (Lipinski definition) is 2. The summed E-state index contributed by atoms with van der Waals surface area (Å²) in [6.45, 7) is 11.1. The van der Waals surface area contributed by atoms with Crippen LogP contribution in [0.25, 0.3) is 0 Å². The molecule has 0 aliphatic heterocycles. The van der Waals surface area contributed by atoms with Gasteiger partial charge in [-0.1, -0.05) is 40.7 Å². The van der Waals surface area contributed by atoms with Crippen molar-refractivity contribution in [3.8, 4) is 0 Å². The van der Waals surface area contributed by atoms with E-state index in [1.54, 1.807) is 4.57 Å². The highest BCUT2D eigenvalue weighted by Gasteiger charge is 2.18. The quantitative estimate of drug-likeness (QED) is 0.873. The lowest BCUT2D eigenvalue weighted by molar-refractivity contribution is 0.524. The Hall–Kier alpha value is -1.09. The van der Waals surface area contributed by atoms with E-state index in [4.69, 9.17) is 0 Å². The van der Waals surface area contributed by atoms with Crippen LogP contribution in [0.5, 0.6) is 0 Å². The first-order valence-corrected chi connectivity index (χ1v) is 6.16. The number of pyridine rings is 1. The van der Waals surface area contributed by atoms with Crippen molar-refractivity contribution in [1.29, 1.82) is 0 Å². The molecule has 0 aliphatic rings. The molecule has 0 saturated carbocycles. The Kier molecular flexibility index (Phi) is 4.15. The largest absolute Gasteiger partial charge is 0.315 e. The standard InChI is InChI=1S/C14H24N2O/c1-10(2)15-9-11-7-8-12(14(3,4)5)16(6)13(11)17/h7-8,10,15H,9H2,1-6H3. The molecule has 96 valence electrons. The Labute approximate surface area is 104 Å². The van der Waals surface area contributed by atoms with Crippen LogP contribution in [0.2, 0.25) is 0 Å². The van der Waals surface area contributed by atoms with E-state index in [9.17, 15) is 4.79 Å². The van der Waals surface area contributed by atoms with Gasteiger partial charge in [0.2, 0.25) is 0 Å². The molecule has 3 nitrogen and oxygen atoms in total. The van der Waals surface area contributed by atoms with Crippen molar-refractivity contribution in [2.75, 3.05) is 0 Å². The first-order valence-electron chi connectivity index (χ1n) is 6.16. The van der Waals surface area contributed by atoms with Crippen molar-refractivity contribution in [2.24, 2.45) is 7.05 Å². The van der Waals surface area contributed by atoms with Gasteiger partial charge in [-0.3, -0.25) is 4.79 Å². The molecule has 0 aromatic carbocycles. The molecule has 0 atom stereocenters. The van der Waals surface area contributed by atoms with E-state index < -0.39 is 0 Å². The lowest BCUT2D eigenvalue weighted by Gasteiger charge is -2.23. The molecule has 1 aromatic heterocycles. The lowest BCUT2D eigenvalue weighted by atomic mass is 9.91.